The highest BCUT2D eigenvalue weighted by molar-refractivity contribution is 5.89. The molecule has 0 saturated heterocycles. The molecule has 0 aromatic heterocycles. The molecule has 0 spiro atoms. The van der Waals surface area contributed by atoms with Gasteiger partial charge in [0.2, 0.25) is 5.90 Å². The highest BCUT2D eigenvalue weighted by atomic mass is 16.7. The van der Waals surface area contributed by atoms with Crippen molar-refractivity contribution in [2.45, 2.75) is 123 Å². The molecule has 2 unspecified atom stereocenters. The number of benzene rings is 1. The topological polar surface area (TPSA) is 51.1 Å². The van der Waals surface area contributed by atoms with Crippen LogP contribution in [0.4, 0.5) is 10.5 Å². The molecular formula is C29H48N2O3. The number of hydrogen-bond acceptors (Lipinski definition) is 5. The third kappa shape index (κ3) is 10.9. The lowest BCUT2D eigenvalue weighted by atomic mass is 10.0. The zero-order valence-electron chi connectivity index (χ0n) is 22.0. The molecule has 2 rings (SSSR count). The van der Waals surface area contributed by atoms with Gasteiger partial charge in [-0.25, -0.2) is 4.79 Å². The molecule has 5 nitrogen and oxygen atoms in total. The molecule has 0 saturated carbocycles. The quantitative estimate of drug-likeness (QED) is 0.168. The molecule has 2 atom stereocenters. The monoisotopic (exact) mass is 472 g/mol. The van der Waals surface area contributed by atoms with E-state index in [9.17, 15) is 4.79 Å². The van der Waals surface area contributed by atoms with Crippen LogP contribution in [0, 0.1) is 5.92 Å². The van der Waals surface area contributed by atoms with Crippen LogP contribution < -0.4 is 5.01 Å². The summed E-state index contributed by atoms with van der Waals surface area (Å²) in [7, 11) is 0. The third-order valence-electron chi connectivity index (χ3n) is 6.82. The van der Waals surface area contributed by atoms with E-state index in [0.717, 1.165) is 37.8 Å². The Hall–Kier alpha value is -2.04. The van der Waals surface area contributed by atoms with Crippen LogP contribution in [-0.4, -0.2) is 24.7 Å². The van der Waals surface area contributed by atoms with Crippen LogP contribution >= 0.6 is 0 Å². The fraction of sp³-hybridized carbons (Fsp3) is 0.724. The van der Waals surface area contributed by atoms with Gasteiger partial charge in [0.25, 0.3) is 0 Å². The van der Waals surface area contributed by atoms with E-state index in [-0.39, 0.29) is 6.04 Å². The van der Waals surface area contributed by atoms with Gasteiger partial charge in [-0.05, 0) is 30.9 Å². The van der Waals surface area contributed by atoms with Crippen molar-refractivity contribution in [1.29, 1.82) is 0 Å². The largest absolute Gasteiger partial charge is 0.514 e. The lowest BCUT2D eigenvalue weighted by molar-refractivity contribution is 0.0773. The summed E-state index contributed by atoms with van der Waals surface area (Å²) in [6.07, 6.45) is 17.4. The molecule has 1 aliphatic heterocycles. The van der Waals surface area contributed by atoms with Gasteiger partial charge in [-0.1, -0.05) is 116 Å². The summed E-state index contributed by atoms with van der Waals surface area (Å²) in [5.41, 5.74) is 1.04. The van der Waals surface area contributed by atoms with Gasteiger partial charge < -0.3 is 9.47 Å². The maximum atomic E-state index is 12.3. The van der Waals surface area contributed by atoms with E-state index >= 15 is 0 Å². The second kappa shape index (κ2) is 17.4. The number of ether oxygens (including phenoxy) is 2. The molecule has 0 amide bonds. The van der Waals surface area contributed by atoms with Crippen molar-refractivity contribution in [3.8, 4) is 0 Å². The van der Waals surface area contributed by atoms with Crippen LogP contribution in [0.2, 0.25) is 0 Å². The van der Waals surface area contributed by atoms with E-state index in [1.165, 1.54) is 57.8 Å². The van der Waals surface area contributed by atoms with Gasteiger partial charge in [-0.2, -0.15) is 0 Å². The van der Waals surface area contributed by atoms with Gasteiger partial charge in [0, 0.05) is 6.42 Å². The first-order valence-electron chi connectivity index (χ1n) is 13.9. The molecule has 34 heavy (non-hydrogen) atoms. The molecule has 0 bridgehead atoms. The number of carbonyl (C=O) groups excluding carboxylic acids is 1. The molecule has 0 fully saturated rings. The van der Waals surface area contributed by atoms with Crippen molar-refractivity contribution in [1.82, 2.24) is 0 Å². The van der Waals surface area contributed by atoms with Gasteiger partial charge in [-0.3, -0.25) is 5.01 Å². The number of carbonyl (C=O) groups is 1. The predicted octanol–water partition coefficient (Wildman–Crippen LogP) is 8.87. The summed E-state index contributed by atoms with van der Waals surface area (Å²) in [5, 5.41) is 6.69. The first-order chi connectivity index (χ1) is 16.7. The Balaban J connectivity index is 1.79. The van der Waals surface area contributed by atoms with Crippen LogP contribution in [0.15, 0.2) is 35.4 Å². The minimum absolute atomic E-state index is 0.225. The molecule has 1 aromatic rings. The molecule has 0 N–H and O–H groups in total. The van der Waals surface area contributed by atoms with Gasteiger partial charge in [0.05, 0.1) is 18.3 Å². The van der Waals surface area contributed by atoms with E-state index in [1.54, 1.807) is 0 Å². The van der Waals surface area contributed by atoms with Crippen molar-refractivity contribution >= 4 is 17.7 Å². The van der Waals surface area contributed by atoms with Crippen molar-refractivity contribution in [3.63, 3.8) is 0 Å². The Kier molecular flexibility index (Phi) is 14.4. The Bertz CT molecular complexity index is 692. The van der Waals surface area contributed by atoms with Crippen molar-refractivity contribution in [3.05, 3.63) is 30.3 Å². The fourth-order valence-electron chi connectivity index (χ4n) is 4.57. The number of unbranched alkanes of at least 4 members (excludes halogenated alkanes) is 9. The summed E-state index contributed by atoms with van der Waals surface area (Å²) in [5.74, 6) is 0.870. The molecule has 1 aromatic carbocycles. The van der Waals surface area contributed by atoms with E-state index < -0.39 is 6.16 Å². The van der Waals surface area contributed by atoms with Crippen LogP contribution in [-0.2, 0) is 9.47 Å². The molecule has 1 aliphatic rings. The van der Waals surface area contributed by atoms with Gasteiger partial charge in [0.15, 0.2) is 0 Å². The number of rotatable bonds is 17. The van der Waals surface area contributed by atoms with Crippen molar-refractivity contribution in [2.75, 3.05) is 11.6 Å². The molecule has 5 heteroatoms. The molecule has 0 aliphatic carbocycles. The molecule has 192 valence electrons. The summed E-state index contributed by atoms with van der Waals surface area (Å²) in [6, 6.07) is 10.4. The minimum atomic E-state index is -0.620. The van der Waals surface area contributed by atoms with Gasteiger partial charge >= 0.3 is 6.16 Å². The normalized spacial score (nSPS) is 16.4. The first-order valence-corrected chi connectivity index (χ1v) is 13.9. The third-order valence-corrected chi connectivity index (χ3v) is 6.82. The maximum absolute atomic E-state index is 12.3. The van der Waals surface area contributed by atoms with Crippen LogP contribution in [0.5, 0.6) is 0 Å². The summed E-state index contributed by atoms with van der Waals surface area (Å²) in [6.45, 7) is 7.02. The fourth-order valence-corrected chi connectivity index (χ4v) is 4.57. The summed E-state index contributed by atoms with van der Waals surface area (Å²) < 4.78 is 11.0. The van der Waals surface area contributed by atoms with E-state index in [0.29, 0.717) is 24.8 Å². The summed E-state index contributed by atoms with van der Waals surface area (Å²) in [4.78, 5) is 12.3. The standard InChI is InChI=1S/C29H48N2O3/c1-4-7-9-10-11-12-13-14-16-22-27-23-28(30-31(27)26-20-17-15-18-21-26)34-29(32)33-24-25(6-3)19-8-5-2/h15,17-18,20-21,25,27H,4-14,16,19,22-24H2,1-3H3. The lowest BCUT2D eigenvalue weighted by Gasteiger charge is -2.23. The van der Waals surface area contributed by atoms with E-state index in [4.69, 9.17) is 9.47 Å². The van der Waals surface area contributed by atoms with Crippen LogP contribution in [0.1, 0.15) is 117 Å². The first kappa shape index (κ1) is 28.2. The van der Waals surface area contributed by atoms with Crippen molar-refractivity contribution in [2.24, 2.45) is 11.0 Å². The van der Waals surface area contributed by atoms with Gasteiger partial charge in [-0.15, -0.1) is 5.10 Å². The van der Waals surface area contributed by atoms with Crippen LogP contribution in [0.25, 0.3) is 0 Å². The van der Waals surface area contributed by atoms with E-state index in [1.807, 2.05) is 23.2 Å². The average Bonchev–Trinajstić information content (AvgIpc) is 3.26. The minimum Gasteiger partial charge on any atom is -0.434 e. The smallest absolute Gasteiger partial charge is 0.434 e. The number of para-hydroxylation sites is 1. The zero-order valence-corrected chi connectivity index (χ0v) is 22.0. The highest BCUT2D eigenvalue weighted by Gasteiger charge is 2.30. The van der Waals surface area contributed by atoms with Gasteiger partial charge in [0.1, 0.15) is 0 Å². The zero-order chi connectivity index (χ0) is 24.4. The Morgan fingerprint density at radius 3 is 2.24 bits per heavy atom. The Morgan fingerprint density at radius 1 is 0.941 bits per heavy atom. The van der Waals surface area contributed by atoms with E-state index in [2.05, 4.69) is 38.0 Å². The Labute approximate surface area is 208 Å². The van der Waals surface area contributed by atoms with Crippen molar-refractivity contribution < 1.29 is 14.3 Å². The average molecular weight is 473 g/mol. The second-order valence-electron chi connectivity index (χ2n) is 9.73. The lowest BCUT2D eigenvalue weighted by Crippen LogP contribution is -2.26. The number of hydrazone groups is 1. The molecular weight excluding hydrogens is 424 g/mol. The highest BCUT2D eigenvalue weighted by Crippen LogP contribution is 2.28. The second-order valence-corrected chi connectivity index (χ2v) is 9.73. The maximum Gasteiger partial charge on any atom is 0.514 e. The number of hydrogen-bond donors (Lipinski definition) is 0. The SMILES string of the molecule is CCCCCCCCCCCC1CC(OC(=O)OCC(CC)CCCC)=NN1c1ccccc1. The Morgan fingerprint density at radius 2 is 1.59 bits per heavy atom. The molecule has 0 radical (unpaired) electrons. The number of anilines is 1. The summed E-state index contributed by atoms with van der Waals surface area (Å²) >= 11 is 0. The molecule has 1 heterocycles. The number of nitrogens with zero attached hydrogens (tertiary/aromatic N) is 2. The van der Waals surface area contributed by atoms with Crippen LogP contribution in [0.3, 0.4) is 0 Å². The predicted molar refractivity (Wildman–Crippen MR) is 142 cm³/mol.